The number of Topliss-reactive ketones (excluding diaryl/α,β-unsaturated/α-hetero) is 2. The number of ketones is 2. The van der Waals surface area contributed by atoms with Crippen LogP contribution in [0.1, 0.15) is 26.2 Å². The van der Waals surface area contributed by atoms with Crippen molar-refractivity contribution in [2.75, 3.05) is 0 Å². The summed E-state index contributed by atoms with van der Waals surface area (Å²) in [5.74, 6) is -0.384. The van der Waals surface area contributed by atoms with Gasteiger partial charge in [-0.15, -0.1) is 0 Å². The first-order chi connectivity index (χ1) is 8.49. The molecule has 5 atom stereocenters. The van der Waals surface area contributed by atoms with E-state index in [0.29, 0.717) is 17.9 Å². The van der Waals surface area contributed by atoms with Crippen LogP contribution in [0.5, 0.6) is 0 Å². The number of carbonyl (C=O) groups excluding carboxylic acids is 3. The van der Waals surface area contributed by atoms with Gasteiger partial charge >= 0.3 is 5.97 Å². The fourth-order valence-corrected chi connectivity index (χ4v) is 3.97. The lowest BCUT2D eigenvalue weighted by atomic mass is 9.80. The molecule has 3 aliphatic carbocycles. The van der Waals surface area contributed by atoms with Gasteiger partial charge in [-0.25, -0.2) is 4.79 Å². The summed E-state index contributed by atoms with van der Waals surface area (Å²) in [5.41, 5.74) is 0.378. The zero-order valence-corrected chi connectivity index (χ0v) is 10.3. The van der Waals surface area contributed by atoms with Crippen molar-refractivity contribution in [3.8, 4) is 0 Å². The topological polar surface area (TPSA) is 60.4 Å². The average Bonchev–Trinajstić information content (AvgIpc) is 2.92. The number of hydrogen-bond acceptors (Lipinski definition) is 4. The molecule has 0 saturated heterocycles. The summed E-state index contributed by atoms with van der Waals surface area (Å²) in [7, 11) is 0. The second-order valence-electron chi connectivity index (χ2n) is 5.80. The van der Waals surface area contributed by atoms with E-state index in [0.717, 1.165) is 12.8 Å². The largest absolute Gasteiger partial charge is 0.459 e. The van der Waals surface area contributed by atoms with Crippen LogP contribution in [0.4, 0.5) is 0 Å². The van der Waals surface area contributed by atoms with E-state index in [-0.39, 0.29) is 41.4 Å². The van der Waals surface area contributed by atoms with Gasteiger partial charge in [0, 0.05) is 23.8 Å². The molecule has 5 unspecified atom stereocenters. The van der Waals surface area contributed by atoms with Crippen LogP contribution in [0.15, 0.2) is 12.2 Å². The van der Waals surface area contributed by atoms with Crippen LogP contribution in [0, 0.1) is 23.7 Å². The van der Waals surface area contributed by atoms with Gasteiger partial charge in [0.25, 0.3) is 0 Å². The number of hydrogen-bond donors (Lipinski definition) is 0. The van der Waals surface area contributed by atoms with Gasteiger partial charge in [0.1, 0.15) is 6.10 Å². The van der Waals surface area contributed by atoms with Crippen LogP contribution in [0.25, 0.3) is 0 Å². The second-order valence-corrected chi connectivity index (χ2v) is 5.80. The van der Waals surface area contributed by atoms with E-state index in [1.165, 1.54) is 0 Å². The first-order valence-corrected chi connectivity index (χ1v) is 6.42. The zero-order valence-electron chi connectivity index (χ0n) is 10.3. The van der Waals surface area contributed by atoms with Gasteiger partial charge in [-0.3, -0.25) is 9.59 Å². The molecule has 0 amide bonds. The highest BCUT2D eigenvalue weighted by atomic mass is 16.5. The molecular formula is C14H16O4. The minimum absolute atomic E-state index is 0.0576. The van der Waals surface area contributed by atoms with Crippen LogP contribution in [-0.4, -0.2) is 23.6 Å². The highest BCUT2D eigenvalue weighted by Crippen LogP contribution is 2.57. The summed E-state index contributed by atoms with van der Waals surface area (Å²) in [5, 5.41) is 0. The van der Waals surface area contributed by atoms with Crippen molar-refractivity contribution in [2.24, 2.45) is 23.7 Å². The van der Waals surface area contributed by atoms with Crippen LogP contribution < -0.4 is 0 Å². The van der Waals surface area contributed by atoms with Crippen LogP contribution in [0.3, 0.4) is 0 Å². The maximum absolute atomic E-state index is 11.8. The Kier molecular flexibility index (Phi) is 2.44. The first kappa shape index (κ1) is 11.6. The fourth-order valence-electron chi connectivity index (χ4n) is 3.97. The van der Waals surface area contributed by atoms with Crippen LogP contribution in [-0.2, 0) is 19.1 Å². The lowest BCUT2D eigenvalue weighted by Gasteiger charge is -2.29. The molecule has 0 aliphatic heterocycles. The average molecular weight is 248 g/mol. The second kappa shape index (κ2) is 3.77. The van der Waals surface area contributed by atoms with Crippen LogP contribution in [0.2, 0.25) is 0 Å². The third-order valence-electron chi connectivity index (χ3n) is 4.72. The lowest BCUT2D eigenvalue weighted by Crippen LogP contribution is -2.35. The van der Waals surface area contributed by atoms with Gasteiger partial charge < -0.3 is 4.74 Å². The van der Waals surface area contributed by atoms with Crippen molar-refractivity contribution in [3.63, 3.8) is 0 Å². The number of carbonyl (C=O) groups is 3. The van der Waals surface area contributed by atoms with E-state index in [4.69, 9.17) is 4.74 Å². The summed E-state index contributed by atoms with van der Waals surface area (Å²) in [6.45, 7) is 5.17. The Morgan fingerprint density at radius 3 is 2.67 bits per heavy atom. The smallest absolute Gasteiger partial charge is 0.333 e. The molecule has 4 heteroatoms. The van der Waals surface area contributed by atoms with Crippen molar-refractivity contribution in [3.05, 3.63) is 12.2 Å². The molecule has 0 aromatic carbocycles. The van der Waals surface area contributed by atoms with Crippen molar-refractivity contribution in [1.82, 2.24) is 0 Å². The molecule has 3 aliphatic rings. The summed E-state index contributed by atoms with van der Waals surface area (Å²) in [6.07, 6.45) is 1.93. The standard InChI is InChI=1S/C14H16O4/c1-6(2)14(17)18-11-4-7-3-9(11)12-8(7)5-10(15)13(12)16/h7-9,11-12H,1,3-5H2,2H3. The van der Waals surface area contributed by atoms with E-state index >= 15 is 0 Å². The molecule has 0 aromatic rings. The Labute approximate surface area is 105 Å². The van der Waals surface area contributed by atoms with E-state index < -0.39 is 0 Å². The van der Waals surface area contributed by atoms with Gasteiger partial charge in [-0.1, -0.05) is 6.58 Å². The van der Waals surface area contributed by atoms with Gasteiger partial charge in [-0.2, -0.15) is 0 Å². The molecule has 4 nitrogen and oxygen atoms in total. The third-order valence-corrected chi connectivity index (χ3v) is 4.72. The van der Waals surface area contributed by atoms with Gasteiger partial charge in [0.15, 0.2) is 5.78 Å². The van der Waals surface area contributed by atoms with Crippen LogP contribution >= 0.6 is 0 Å². The lowest BCUT2D eigenvalue weighted by molar-refractivity contribution is -0.150. The molecule has 3 saturated carbocycles. The number of esters is 1. The third kappa shape index (κ3) is 1.48. The zero-order chi connectivity index (χ0) is 13.0. The van der Waals surface area contributed by atoms with Gasteiger partial charge in [0.05, 0.1) is 0 Å². The number of rotatable bonds is 2. The monoisotopic (exact) mass is 248 g/mol. The Morgan fingerprint density at radius 1 is 1.28 bits per heavy atom. The van der Waals surface area contributed by atoms with E-state index in [1.807, 2.05) is 0 Å². The molecule has 2 bridgehead atoms. The van der Waals surface area contributed by atoms with E-state index in [2.05, 4.69) is 6.58 Å². The maximum Gasteiger partial charge on any atom is 0.333 e. The predicted octanol–water partition coefficient (Wildman–Crippen LogP) is 1.29. The summed E-state index contributed by atoms with van der Waals surface area (Å²) in [6, 6.07) is 0. The quantitative estimate of drug-likeness (QED) is 0.419. The highest BCUT2D eigenvalue weighted by molar-refractivity contribution is 6.40. The van der Waals surface area contributed by atoms with E-state index in [9.17, 15) is 14.4 Å². The molecule has 0 spiro atoms. The Hall–Kier alpha value is -1.45. The fraction of sp³-hybridized carbons (Fsp3) is 0.643. The van der Waals surface area contributed by atoms with Gasteiger partial charge in [-0.05, 0) is 31.6 Å². The first-order valence-electron chi connectivity index (χ1n) is 6.42. The predicted molar refractivity (Wildman–Crippen MR) is 62.5 cm³/mol. The summed E-state index contributed by atoms with van der Waals surface area (Å²) < 4.78 is 5.40. The highest BCUT2D eigenvalue weighted by Gasteiger charge is 2.61. The summed E-state index contributed by atoms with van der Waals surface area (Å²) >= 11 is 0. The molecule has 3 fully saturated rings. The summed E-state index contributed by atoms with van der Waals surface area (Å²) in [4.78, 5) is 34.8. The van der Waals surface area contributed by atoms with Crippen molar-refractivity contribution < 1.29 is 19.1 Å². The maximum atomic E-state index is 11.8. The molecule has 18 heavy (non-hydrogen) atoms. The molecule has 3 rings (SSSR count). The van der Waals surface area contributed by atoms with Crippen molar-refractivity contribution >= 4 is 17.5 Å². The minimum Gasteiger partial charge on any atom is -0.459 e. The minimum atomic E-state index is -0.388. The Morgan fingerprint density at radius 2 is 2.00 bits per heavy atom. The number of fused-ring (bicyclic) bond motifs is 5. The molecule has 0 heterocycles. The van der Waals surface area contributed by atoms with E-state index in [1.54, 1.807) is 6.92 Å². The SMILES string of the molecule is C=C(C)C(=O)OC1CC2CC1C1C(=O)C(=O)CC21. The molecular weight excluding hydrogens is 232 g/mol. The molecule has 0 radical (unpaired) electrons. The molecule has 0 aromatic heterocycles. The van der Waals surface area contributed by atoms with Crippen molar-refractivity contribution in [2.45, 2.75) is 32.3 Å². The Bertz CT molecular complexity index is 464. The molecule has 96 valence electrons. The molecule has 0 N–H and O–H groups in total. The van der Waals surface area contributed by atoms with Crippen molar-refractivity contribution in [1.29, 1.82) is 0 Å². The number of ether oxygens (including phenoxy) is 1. The normalized spacial score (nSPS) is 41.1. The van der Waals surface area contributed by atoms with Gasteiger partial charge in [0.2, 0.25) is 5.78 Å². The Balaban J connectivity index is 1.76.